The number of allylic oxidation sites excluding steroid dienone is 2. The molecular formula is C9H16O2. The molecule has 2 nitrogen and oxygen atoms in total. The maximum absolute atomic E-state index is 8.67. The van der Waals surface area contributed by atoms with Crippen LogP contribution >= 0.6 is 0 Å². The Morgan fingerprint density at radius 3 is 2.55 bits per heavy atom. The van der Waals surface area contributed by atoms with Crippen LogP contribution in [-0.4, -0.2) is 23.4 Å². The Kier molecular flexibility index (Phi) is 5.80. The molecule has 64 valence electrons. The number of rotatable bonds is 4. The molecule has 0 amide bonds. The van der Waals surface area contributed by atoms with Gasteiger partial charge in [-0.2, -0.15) is 0 Å². The van der Waals surface area contributed by atoms with Gasteiger partial charge in [-0.15, -0.1) is 0 Å². The highest BCUT2D eigenvalue weighted by Gasteiger charge is 1.91. The molecule has 1 atom stereocenters. The van der Waals surface area contributed by atoms with Crippen molar-refractivity contribution in [3.8, 4) is 0 Å². The van der Waals surface area contributed by atoms with E-state index in [-0.39, 0.29) is 19.1 Å². The van der Waals surface area contributed by atoms with Crippen LogP contribution in [0.4, 0.5) is 0 Å². The van der Waals surface area contributed by atoms with Crippen LogP contribution in [-0.2, 0) is 0 Å². The second kappa shape index (κ2) is 6.13. The third kappa shape index (κ3) is 5.83. The zero-order valence-electron chi connectivity index (χ0n) is 7.12. The fraction of sp³-hybridized carbons (Fsp3) is 0.556. The summed E-state index contributed by atoms with van der Waals surface area (Å²) in [5.74, 6) is 0.286. The minimum atomic E-state index is 0.0797. The van der Waals surface area contributed by atoms with Crippen LogP contribution in [0, 0.1) is 5.92 Å². The predicted molar refractivity (Wildman–Crippen MR) is 46.2 cm³/mol. The average molecular weight is 156 g/mol. The molecule has 0 saturated heterocycles. The molecule has 1 unspecified atom stereocenters. The molecule has 0 rings (SSSR count). The molecule has 0 aliphatic heterocycles. The average Bonchev–Trinajstić information content (AvgIpc) is 2.00. The summed E-state index contributed by atoms with van der Waals surface area (Å²) in [6, 6.07) is 0. The van der Waals surface area contributed by atoms with Crippen molar-refractivity contribution in [2.45, 2.75) is 13.8 Å². The van der Waals surface area contributed by atoms with E-state index >= 15 is 0 Å². The van der Waals surface area contributed by atoms with E-state index in [1.807, 2.05) is 26.0 Å². The van der Waals surface area contributed by atoms with E-state index in [1.165, 1.54) is 0 Å². The summed E-state index contributed by atoms with van der Waals surface area (Å²) < 4.78 is 0. The lowest BCUT2D eigenvalue weighted by Gasteiger charge is -1.99. The molecule has 0 bridgehead atoms. The third-order valence-electron chi connectivity index (χ3n) is 1.34. The van der Waals surface area contributed by atoms with Gasteiger partial charge in [0.15, 0.2) is 0 Å². The van der Waals surface area contributed by atoms with Gasteiger partial charge in [0.25, 0.3) is 0 Å². The summed E-state index contributed by atoms with van der Waals surface area (Å²) >= 11 is 0. The Morgan fingerprint density at radius 1 is 1.45 bits per heavy atom. The van der Waals surface area contributed by atoms with E-state index in [0.717, 1.165) is 5.57 Å². The molecule has 11 heavy (non-hydrogen) atoms. The predicted octanol–water partition coefficient (Wildman–Crippen LogP) is 1.11. The summed E-state index contributed by atoms with van der Waals surface area (Å²) in [6.07, 6.45) is 5.57. The Bertz CT molecular complexity index is 148. The van der Waals surface area contributed by atoms with Gasteiger partial charge in [0.1, 0.15) is 0 Å². The van der Waals surface area contributed by atoms with Gasteiger partial charge < -0.3 is 10.2 Å². The number of hydrogen-bond donors (Lipinski definition) is 2. The number of aliphatic hydroxyl groups is 2. The highest BCUT2D eigenvalue weighted by molar-refractivity contribution is 5.06. The van der Waals surface area contributed by atoms with Crippen LogP contribution in [0.5, 0.6) is 0 Å². The number of aliphatic hydroxyl groups excluding tert-OH is 2. The van der Waals surface area contributed by atoms with Crippen molar-refractivity contribution >= 4 is 0 Å². The maximum atomic E-state index is 8.67. The molecule has 0 aromatic rings. The molecule has 0 saturated carbocycles. The first-order valence-corrected chi connectivity index (χ1v) is 3.76. The zero-order valence-corrected chi connectivity index (χ0v) is 7.12. The van der Waals surface area contributed by atoms with Crippen molar-refractivity contribution in [3.63, 3.8) is 0 Å². The van der Waals surface area contributed by atoms with E-state index in [0.29, 0.717) is 0 Å². The Labute approximate surface area is 67.9 Å². The van der Waals surface area contributed by atoms with Crippen LogP contribution in [0.25, 0.3) is 0 Å². The molecule has 2 N–H and O–H groups in total. The molecule has 0 aliphatic rings. The quantitative estimate of drug-likeness (QED) is 0.598. The summed E-state index contributed by atoms with van der Waals surface area (Å²) in [5.41, 5.74) is 0.958. The second-order valence-electron chi connectivity index (χ2n) is 2.64. The SMILES string of the molecule is CC(=CC(C)C=CCO)CO. The third-order valence-corrected chi connectivity index (χ3v) is 1.34. The smallest absolute Gasteiger partial charge is 0.0639 e. The standard InChI is InChI=1S/C9H16O2/c1-8(4-3-5-10)6-9(2)7-11/h3-4,6,8,10-11H,5,7H2,1-2H3. The molecule has 0 aromatic heterocycles. The second-order valence-corrected chi connectivity index (χ2v) is 2.64. The van der Waals surface area contributed by atoms with Gasteiger partial charge >= 0.3 is 0 Å². The molecule has 0 fully saturated rings. The first kappa shape index (κ1) is 10.4. The van der Waals surface area contributed by atoms with Gasteiger partial charge in [-0.05, 0) is 12.8 Å². The Balaban J connectivity index is 3.84. The van der Waals surface area contributed by atoms with E-state index in [1.54, 1.807) is 6.08 Å². The highest BCUT2D eigenvalue weighted by Crippen LogP contribution is 2.03. The van der Waals surface area contributed by atoms with Gasteiger partial charge in [0, 0.05) is 0 Å². The first-order chi connectivity index (χ1) is 5.20. The van der Waals surface area contributed by atoms with Gasteiger partial charge in [0.2, 0.25) is 0 Å². The summed E-state index contributed by atoms with van der Waals surface area (Å²) in [7, 11) is 0. The van der Waals surface area contributed by atoms with Crippen molar-refractivity contribution in [1.82, 2.24) is 0 Å². The molecule has 0 aliphatic carbocycles. The topological polar surface area (TPSA) is 40.5 Å². The van der Waals surface area contributed by atoms with Gasteiger partial charge in [-0.3, -0.25) is 0 Å². The highest BCUT2D eigenvalue weighted by atomic mass is 16.3. The number of hydrogen-bond acceptors (Lipinski definition) is 2. The minimum Gasteiger partial charge on any atom is -0.392 e. The minimum absolute atomic E-state index is 0.0797. The monoisotopic (exact) mass is 156 g/mol. The Hall–Kier alpha value is -0.600. The van der Waals surface area contributed by atoms with E-state index in [2.05, 4.69) is 0 Å². The summed E-state index contributed by atoms with van der Waals surface area (Å²) in [6.45, 7) is 4.07. The van der Waals surface area contributed by atoms with Gasteiger partial charge in [-0.25, -0.2) is 0 Å². The normalized spacial score (nSPS) is 15.8. The van der Waals surface area contributed by atoms with Crippen LogP contribution in [0.15, 0.2) is 23.8 Å². The summed E-state index contributed by atoms with van der Waals surface area (Å²) in [4.78, 5) is 0. The van der Waals surface area contributed by atoms with Crippen LogP contribution in [0.2, 0.25) is 0 Å². The van der Waals surface area contributed by atoms with Crippen molar-refractivity contribution in [1.29, 1.82) is 0 Å². The van der Waals surface area contributed by atoms with Crippen molar-refractivity contribution in [2.24, 2.45) is 5.92 Å². The zero-order chi connectivity index (χ0) is 8.69. The van der Waals surface area contributed by atoms with E-state index in [9.17, 15) is 0 Å². The van der Waals surface area contributed by atoms with Crippen LogP contribution in [0.3, 0.4) is 0 Å². The molecule has 0 radical (unpaired) electrons. The van der Waals surface area contributed by atoms with Crippen LogP contribution < -0.4 is 0 Å². The molecule has 2 heteroatoms. The largest absolute Gasteiger partial charge is 0.392 e. The Morgan fingerprint density at radius 2 is 2.09 bits per heavy atom. The lowest BCUT2D eigenvalue weighted by atomic mass is 10.1. The molecule has 0 heterocycles. The van der Waals surface area contributed by atoms with Crippen molar-refractivity contribution in [3.05, 3.63) is 23.8 Å². The van der Waals surface area contributed by atoms with Crippen molar-refractivity contribution < 1.29 is 10.2 Å². The first-order valence-electron chi connectivity index (χ1n) is 3.76. The summed E-state index contributed by atoms with van der Waals surface area (Å²) in [5, 5.41) is 17.1. The lowest BCUT2D eigenvalue weighted by molar-refractivity contribution is 0.330. The lowest BCUT2D eigenvalue weighted by Crippen LogP contribution is -1.90. The molecule has 0 spiro atoms. The fourth-order valence-corrected chi connectivity index (χ4v) is 0.833. The van der Waals surface area contributed by atoms with Crippen molar-refractivity contribution in [2.75, 3.05) is 13.2 Å². The fourth-order valence-electron chi connectivity index (χ4n) is 0.833. The van der Waals surface area contributed by atoms with E-state index < -0.39 is 0 Å². The van der Waals surface area contributed by atoms with Crippen LogP contribution in [0.1, 0.15) is 13.8 Å². The molecular weight excluding hydrogens is 140 g/mol. The maximum Gasteiger partial charge on any atom is 0.0639 e. The van der Waals surface area contributed by atoms with Gasteiger partial charge in [0.05, 0.1) is 13.2 Å². The molecule has 0 aromatic carbocycles. The van der Waals surface area contributed by atoms with Gasteiger partial charge in [-0.1, -0.05) is 30.7 Å². The van der Waals surface area contributed by atoms with E-state index in [4.69, 9.17) is 10.2 Å².